The highest BCUT2D eigenvalue weighted by Gasteiger charge is 2.40. The van der Waals surface area contributed by atoms with Crippen molar-refractivity contribution in [3.8, 4) is 0 Å². The van der Waals surface area contributed by atoms with E-state index >= 15 is 0 Å². The summed E-state index contributed by atoms with van der Waals surface area (Å²) in [5.41, 5.74) is -0.0386. The van der Waals surface area contributed by atoms with Crippen LogP contribution < -0.4 is 0 Å². The summed E-state index contributed by atoms with van der Waals surface area (Å²) in [4.78, 5) is 29.5. The second-order valence-corrected chi connectivity index (χ2v) is 7.94. The molecule has 0 N–H and O–H groups in total. The first-order chi connectivity index (χ1) is 11.2. The van der Waals surface area contributed by atoms with Crippen LogP contribution in [0.3, 0.4) is 0 Å². The molecule has 0 unspecified atom stereocenters. The number of piperidine rings is 2. The van der Waals surface area contributed by atoms with E-state index in [1.165, 1.54) is 25.7 Å². The Morgan fingerprint density at radius 1 is 0.609 bits per heavy atom. The molecule has 0 aromatic rings. The average molecular weight is 320 g/mol. The molecule has 0 atom stereocenters. The molecule has 0 bridgehead atoms. The fraction of sp³-hybridized carbons (Fsp3) is 0.895. The van der Waals surface area contributed by atoms with Gasteiger partial charge in [0.1, 0.15) is 0 Å². The number of hydrogen-bond acceptors (Lipinski definition) is 2. The molecule has 3 rings (SSSR count). The van der Waals surface area contributed by atoms with Gasteiger partial charge in [-0.3, -0.25) is 9.59 Å². The first-order valence-corrected chi connectivity index (χ1v) is 9.74. The summed E-state index contributed by atoms with van der Waals surface area (Å²) in [6, 6.07) is 0. The van der Waals surface area contributed by atoms with Crippen LogP contribution in [0, 0.1) is 5.41 Å². The number of rotatable bonds is 4. The van der Waals surface area contributed by atoms with Gasteiger partial charge in [-0.05, 0) is 56.8 Å². The SMILES string of the molecule is O=C(CC1(CC(=O)N2CCCCC2)CCCC1)N1CCCCC1. The van der Waals surface area contributed by atoms with Crippen molar-refractivity contribution >= 4 is 11.8 Å². The topological polar surface area (TPSA) is 40.6 Å². The monoisotopic (exact) mass is 320 g/mol. The van der Waals surface area contributed by atoms with Gasteiger partial charge in [0.2, 0.25) is 11.8 Å². The third kappa shape index (κ3) is 4.27. The smallest absolute Gasteiger partial charge is 0.223 e. The van der Waals surface area contributed by atoms with Crippen LogP contribution in [0.5, 0.6) is 0 Å². The Morgan fingerprint density at radius 3 is 1.39 bits per heavy atom. The minimum atomic E-state index is -0.0386. The number of amides is 2. The molecule has 4 heteroatoms. The van der Waals surface area contributed by atoms with Gasteiger partial charge in [0, 0.05) is 39.0 Å². The van der Waals surface area contributed by atoms with Crippen LogP contribution in [0.1, 0.15) is 77.0 Å². The predicted molar refractivity (Wildman–Crippen MR) is 91.0 cm³/mol. The third-order valence-corrected chi connectivity index (χ3v) is 6.13. The predicted octanol–water partition coefficient (Wildman–Crippen LogP) is 3.35. The Hall–Kier alpha value is -1.06. The van der Waals surface area contributed by atoms with Gasteiger partial charge in [0.15, 0.2) is 0 Å². The van der Waals surface area contributed by atoms with Crippen molar-refractivity contribution in [1.82, 2.24) is 9.80 Å². The van der Waals surface area contributed by atoms with Crippen molar-refractivity contribution < 1.29 is 9.59 Å². The Bertz CT molecular complexity index is 383. The van der Waals surface area contributed by atoms with E-state index in [9.17, 15) is 9.59 Å². The standard InChI is InChI=1S/C19H32N2O2/c22-17(20-11-5-1-6-12-20)15-19(9-3-4-10-19)16-18(23)21-13-7-2-8-14-21/h1-16H2. The molecule has 1 saturated carbocycles. The first-order valence-electron chi connectivity index (χ1n) is 9.74. The van der Waals surface area contributed by atoms with Gasteiger partial charge in [-0.25, -0.2) is 0 Å². The van der Waals surface area contributed by atoms with Crippen molar-refractivity contribution in [3.05, 3.63) is 0 Å². The van der Waals surface area contributed by atoms with Gasteiger partial charge in [-0.15, -0.1) is 0 Å². The van der Waals surface area contributed by atoms with E-state index in [1.54, 1.807) is 0 Å². The molecule has 4 nitrogen and oxygen atoms in total. The number of hydrogen-bond donors (Lipinski definition) is 0. The molecule has 2 aliphatic heterocycles. The van der Waals surface area contributed by atoms with Crippen molar-refractivity contribution in [2.24, 2.45) is 5.41 Å². The van der Waals surface area contributed by atoms with Crippen LogP contribution in [0.4, 0.5) is 0 Å². The van der Waals surface area contributed by atoms with Crippen LogP contribution in [-0.2, 0) is 9.59 Å². The van der Waals surface area contributed by atoms with E-state index < -0.39 is 0 Å². The normalized spacial score (nSPS) is 24.7. The van der Waals surface area contributed by atoms with Crippen LogP contribution in [-0.4, -0.2) is 47.8 Å². The lowest BCUT2D eigenvalue weighted by Gasteiger charge is -2.35. The summed E-state index contributed by atoms with van der Waals surface area (Å²) in [6.45, 7) is 3.70. The van der Waals surface area contributed by atoms with Crippen LogP contribution in [0.2, 0.25) is 0 Å². The molecule has 2 heterocycles. The van der Waals surface area contributed by atoms with E-state index in [0.29, 0.717) is 24.7 Å². The molecular formula is C19H32N2O2. The molecule has 1 aliphatic carbocycles. The fourth-order valence-corrected chi connectivity index (χ4v) is 4.69. The van der Waals surface area contributed by atoms with Crippen LogP contribution in [0.15, 0.2) is 0 Å². The Balaban J connectivity index is 1.59. The summed E-state index contributed by atoms with van der Waals surface area (Å²) < 4.78 is 0. The lowest BCUT2D eigenvalue weighted by Crippen LogP contribution is -2.42. The van der Waals surface area contributed by atoms with Crippen molar-refractivity contribution in [2.45, 2.75) is 77.0 Å². The number of carbonyl (C=O) groups excluding carboxylic acids is 2. The van der Waals surface area contributed by atoms with E-state index in [-0.39, 0.29) is 5.41 Å². The lowest BCUT2D eigenvalue weighted by atomic mass is 9.78. The van der Waals surface area contributed by atoms with Gasteiger partial charge >= 0.3 is 0 Å². The Morgan fingerprint density at radius 2 is 1.00 bits per heavy atom. The molecule has 0 radical (unpaired) electrons. The molecule has 130 valence electrons. The van der Waals surface area contributed by atoms with Gasteiger partial charge in [0.25, 0.3) is 0 Å². The molecule has 0 aromatic heterocycles. The highest BCUT2D eigenvalue weighted by Crippen LogP contribution is 2.45. The second-order valence-electron chi connectivity index (χ2n) is 7.94. The highest BCUT2D eigenvalue weighted by molar-refractivity contribution is 5.80. The molecule has 2 amide bonds. The zero-order valence-corrected chi connectivity index (χ0v) is 14.5. The molecular weight excluding hydrogens is 288 g/mol. The Labute approximate surface area is 140 Å². The van der Waals surface area contributed by atoms with E-state index in [2.05, 4.69) is 9.80 Å². The zero-order valence-electron chi connectivity index (χ0n) is 14.5. The van der Waals surface area contributed by atoms with Crippen molar-refractivity contribution in [1.29, 1.82) is 0 Å². The van der Waals surface area contributed by atoms with E-state index in [1.807, 2.05) is 0 Å². The van der Waals surface area contributed by atoms with Crippen molar-refractivity contribution in [2.75, 3.05) is 26.2 Å². The summed E-state index contributed by atoms with van der Waals surface area (Å²) in [6.07, 6.45) is 12.8. The average Bonchev–Trinajstić information content (AvgIpc) is 3.04. The summed E-state index contributed by atoms with van der Waals surface area (Å²) >= 11 is 0. The first kappa shape index (κ1) is 16.8. The highest BCUT2D eigenvalue weighted by atomic mass is 16.2. The van der Waals surface area contributed by atoms with Gasteiger partial charge in [-0.1, -0.05) is 12.8 Å². The number of carbonyl (C=O) groups is 2. The minimum Gasteiger partial charge on any atom is -0.343 e. The molecule has 3 aliphatic rings. The fourth-order valence-electron chi connectivity index (χ4n) is 4.69. The third-order valence-electron chi connectivity index (χ3n) is 6.13. The van der Waals surface area contributed by atoms with Gasteiger partial charge in [0.05, 0.1) is 0 Å². The molecule has 0 aromatic carbocycles. The molecule has 23 heavy (non-hydrogen) atoms. The second kappa shape index (κ2) is 7.67. The quantitative estimate of drug-likeness (QED) is 0.797. The Kier molecular flexibility index (Phi) is 5.60. The molecule has 0 spiro atoms. The number of nitrogens with zero attached hydrogens (tertiary/aromatic N) is 2. The summed E-state index contributed by atoms with van der Waals surface area (Å²) in [5, 5.41) is 0. The maximum absolute atomic E-state index is 12.7. The maximum atomic E-state index is 12.7. The maximum Gasteiger partial charge on any atom is 0.223 e. The molecule has 2 saturated heterocycles. The number of likely N-dealkylation sites (tertiary alicyclic amines) is 2. The van der Waals surface area contributed by atoms with Gasteiger partial charge < -0.3 is 9.80 Å². The van der Waals surface area contributed by atoms with Crippen LogP contribution in [0.25, 0.3) is 0 Å². The zero-order chi connectivity index (χ0) is 16.1. The lowest BCUT2D eigenvalue weighted by molar-refractivity contribution is -0.138. The van der Waals surface area contributed by atoms with E-state index in [4.69, 9.17) is 0 Å². The summed E-state index contributed by atoms with van der Waals surface area (Å²) in [7, 11) is 0. The van der Waals surface area contributed by atoms with Gasteiger partial charge in [-0.2, -0.15) is 0 Å². The summed E-state index contributed by atoms with van der Waals surface area (Å²) in [5.74, 6) is 0.607. The minimum absolute atomic E-state index is 0.0386. The van der Waals surface area contributed by atoms with E-state index in [0.717, 1.165) is 64.7 Å². The molecule has 3 fully saturated rings. The van der Waals surface area contributed by atoms with Crippen molar-refractivity contribution in [3.63, 3.8) is 0 Å². The van der Waals surface area contributed by atoms with Crippen LogP contribution >= 0.6 is 0 Å². The largest absolute Gasteiger partial charge is 0.343 e.